The second-order valence-corrected chi connectivity index (χ2v) is 5.14. The fourth-order valence-corrected chi connectivity index (χ4v) is 2.30. The summed E-state index contributed by atoms with van der Waals surface area (Å²) < 4.78 is 1.65. The summed E-state index contributed by atoms with van der Waals surface area (Å²) in [6.45, 7) is 2.57. The van der Waals surface area contributed by atoms with Crippen molar-refractivity contribution >= 4 is 11.7 Å². The van der Waals surface area contributed by atoms with Crippen molar-refractivity contribution < 1.29 is 4.79 Å². The standard InChI is InChI=1S/C16H17N5O/c1-12-5-2-3-7-14(12)15(22)17-8-4-6-13-9-18-16-19-11-20-21(16)10-13/h2-3,5,7,9-11H,4,6,8H2,1H3,(H,17,22). The molecule has 0 saturated carbocycles. The van der Waals surface area contributed by atoms with Crippen LogP contribution in [0.1, 0.15) is 27.9 Å². The molecule has 0 atom stereocenters. The fourth-order valence-electron chi connectivity index (χ4n) is 2.30. The van der Waals surface area contributed by atoms with Gasteiger partial charge in [-0.15, -0.1) is 0 Å². The molecule has 0 aliphatic heterocycles. The van der Waals surface area contributed by atoms with Crippen molar-refractivity contribution in [3.8, 4) is 0 Å². The van der Waals surface area contributed by atoms with Crippen molar-refractivity contribution in [3.05, 3.63) is 59.7 Å². The monoisotopic (exact) mass is 295 g/mol. The number of carbonyl (C=O) groups is 1. The molecule has 2 aromatic heterocycles. The highest BCUT2D eigenvalue weighted by Crippen LogP contribution is 2.07. The van der Waals surface area contributed by atoms with Gasteiger partial charge in [0, 0.05) is 24.5 Å². The molecule has 0 aliphatic carbocycles. The van der Waals surface area contributed by atoms with E-state index in [0.29, 0.717) is 12.3 Å². The van der Waals surface area contributed by atoms with E-state index < -0.39 is 0 Å². The summed E-state index contributed by atoms with van der Waals surface area (Å²) in [6.07, 6.45) is 6.87. The van der Waals surface area contributed by atoms with Crippen LogP contribution in [0.5, 0.6) is 0 Å². The molecule has 1 N–H and O–H groups in total. The maximum absolute atomic E-state index is 12.1. The van der Waals surface area contributed by atoms with Crippen molar-refractivity contribution in [2.75, 3.05) is 6.54 Å². The molecule has 0 unspecified atom stereocenters. The highest BCUT2D eigenvalue weighted by Gasteiger charge is 2.07. The summed E-state index contributed by atoms with van der Waals surface area (Å²) in [7, 11) is 0. The Labute approximate surface area is 128 Å². The van der Waals surface area contributed by atoms with Gasteiger partial charge in [0.25, 0.3) is 11.7 Å². The summed E-state index contributed by atoms with van der Waals surface area (Å²) in [5, 5.41) is 7.01. The molecule has 112 valence electrons. The van der Waals surface area contributed by atoms with Crippen LogP contribution in [0.25, 0.3) is 5.78 Å². The Hall–Kier alpha value is -2.76. The van der Waals surface area contributed by atoms with Gasteiger partial charge in [-0.1, -0.05) is 18.2 Å². The molecule has 2 heterocycles. The summed E-state index contributed by atoms with van der Waals surface area (Å²) in [5.74, 6) is 0.569. The van der Waals surface area contributed by atoms with Gasteiger partial charge in [0.15, 0.2) is 0 Å². The van der Waals surface area contributed by atoms with Gasteiger partial charge in [-0.3, -0.25) is 4.79 Å². The Kier molecular flexibility index (Phi) is 4.09. The molecule has 6 nitrogen and oxygen atoms in total. The number of rotatable bonds is 5. The first-order valence-electron chi connectivity index (χ1n) is 7.22. The minimum atomic E-state index is -0.0250. The zero-order chi connectivity index (χ0) is 15.4. The van der Waals surface area contributed by atoms with Crippen LogP contribution in [0.2, 0.25) is 0 Å². The van der Waals surface area contributed by atoms with Crippen LogP contribution >= 0.6 is 0 Å². The average Bonchev–Trinajstić information content (AvgIpc) is 2.99. The summed E-state index contributed by atoms with van der Waals surface area (Å²) in [6, 6.07) is 7.58. The first-order chi connectivity index (χ1) is 10.7. The van der Waals surface area contributed by atoms with Crippen LogP contribution in [0.4, 0.5) is 0 Å². The highest BCUT2D eigenvalue weighted by atomic mass is 16.1. The van der Waals surface area contributed by atoms with E-state index in [1.165, 1.54) is 6.33 Å². The van der Waals surface area contributed by atoms with E-state index in [2.05, 4.69) is 20.4 Å². The van der Waals surface area contributed by atoms with Gasteiger partial charge in [-0.05, 0) is 37.0 Å². The van der Waals surface area contributed by atoms with Crippen molar-refractivity contribution in [3.63, 3.8) is 0 Å². The zero-order valence-corrected chi connectivity index (χ0v) is 12.4. The molecule has 22 heavy (non-hydrogen) atoms. The lowest BCUT2D eigenvalue weighted by Crippen LogP contribution is -2.25. The summed E-state index contributed by atoms with van der Waals surface area (Å²) in [4.78, 5) is 20.3. The van der Waals surface area contributed by atoms with Crippen LogP contribution in [0.15, 0.2) is 43.0 Å². The Morgan fingerprint density at radius 1 is 1.27 bits per heavy atom. The van der Waals surface area contributed by atoms with Gasteiger partial charge < -0.3 is 5.32 Å². The van der Waals surface area contributed by atoms with Crippen LogP contribution in [0.3, 0.4) is 0 Å². The Morgan fingerprint density at radius 2 is 2.14 bits per heavy atom. The van der Waals surface area contributed by atoms with Crippen molar-refractivity contribution in [1.82, 2.24) is 24.9 Å². The number of carbonyl (C=O) groups excluding carboxylic acids is 1. The zero-order valence-electron chi connectivity index (χ0n) is 12.4. The highest BCUT2D eigenvalue weighted by molar-refractivity contribution is 5.95. The van der Waals surface area contributed by atoms with Crippen molar-refractivity contribution in [1.29, 1.82) is 0 Å². The number of nitrogens with one attached hydrogen (secondary N) is 1. The van der Waals surface area contributed by atoms with Gasteiger partial charge in [0.05, 0.1) is 0 Å². The number of benzene rings is 1. The molecule has 6 heteroatoms. The lowest BCUT2D eigenvalue weighted by molar-refractivity contribution is 0.0952. The normalized spacial score (nSPS) is 10.8. The molecule has 0 aliphatic rings. The molecular formula is C16H17N5O. The summed E-state index contributed by atoms with van der Waals surface area (Å²) >= 11 is 0. The lowest BCUT2D eigenvalue weighted by atomic mass is 10.1. The van der Waals surface area contributed by atoms with E-state index in [4.69, 9.17) is 0 Å². The SMILES string of the molecule is Cc1ccccc1C(=O)NCCCc1cnc2ncnn2c1. The van der Waals surface area contributed by atoms with Crippen molar-refractivity contribution in [2.45, 2.75) is 19.8 Å². The molecule has 0 radical (unpaired) electrons. The van der Waals surface area contributed by atoms with Crippen LogP contribution in [-0.4, -0.2) is 32.0 Å². The van der Waals surface area contributed by atoms with Gasteiger partial charge in [0.2, 0.25) is 0 Å². The molecule has 0 bridgehead atoms. The third-order valence-electron chi connectivity index (χ3n) is 3.51. The topological polar surface area (TPSA) is 72.2 Å². The molecule has 0 fully saturated rings. The number of hydrogen-bond acceptors (Lipinski definition) is 4. The van der Waals surface area contributed by atoms with Crippen LogP contribution < -0.4 is 5.32 Å². The molecule has 3 aromatic rings. The fraction of sp³-hybridized carbons (Fsp3) is 0.250. The Morgan fingerprint density at radius 3 is 3.00 bits per heavy atom. The molecular weight excluding hydrogens is 278 g/mol. The second-order valence-electron chi connectivity index (χ2n) is 5.14. The smallest absolute Gasteiger partial charge is 0.252 e. The van der Waals surface area contributed by atoms with E-state index in [1.54, 1.807) is 10.7 Å². The molecule has 0 spiro atoms. The number of amides is 1. The van der Waals surface area contributed by atoms with Crippen LogP contribution in [0, 0.1) is 6.92 Å². The van der Waals surface area contributed by atoms with Crippen LogP contribution in [-0.2, 0) is 6.42 Å². The number of nitrogens with zero attached hydrogens (tertiary/aromatic N) is 4. The number of fused-ring (bicyclic) bond motifs is 1. The van der Waals surface area contributed by atoms with Crippen molar-refractivity contribution in [2.24, 2.45) is 0 Å². The first kappa shape index (κ1) is 14.2. The molecule has 3 rings (SSSR count). The quantitative estimate of drug-likeness (QED) is 0.728. The molecule has 1 amide bonds. The molecule has 1 aromatic carbocycles. The van der Waals surface area contributed by atoms with E-state index >= 15 is 0 Å². The largest absolute Gasteiger partial charge is 0.352 e. The van der Waals surface area contributed by atoms with E-state index in [-0.39, 0.29) is 5.91 Å². The molecule has 0 saturated heterocycles. The van der Waals surface area contributed by atoms with Gasteiger partial charge >= 0.3 is 0 Å². The third kappa shape index (κ3) is 3.11. The number of hydrogen-bond donors (Lipinski definition) is 1. The minimum absolute atomic E-state index is 0.0250. The summed E-state index contributed by atoms with van der Waals surface area (Å²) in [5.41, 5.74) is 2.79. The maximum Gasteiger partial charge on any atom is 0.252 e. The first-order valence-corrected chi connectivity index (χ1v) is 7.22. The van der Waals surface area contributed by atoms with Gasteiger partial charge in [-0.2, -0.15) is 10.1 Å². The third-order valence-corrected chi connectivity index (χ3v) is 3.51. The predicted octanol–water partition coefficient (Wildman–Crippen LogP) is 1.80. The van der Waals surface area contributed by atoms with E-state index in [0.717, 1.165) is 29.5 Å². The Balaban J connectivity index is 1.51. The maximum atomic E-state index is 12.1. The minimum Gasteiger partial charge on any atom is -0.352 e. The van der Waals surface area contributed by atoms with Gasteiger partial charge in [0.1, 0.15) is 6.33 Å². The Bertz CT molecular complexity index is 796. The predicted molar refractivity (Wildman–Crippen MR) is 82.6 cm³/mol. The number of aryl methyl sites for hydroxylation is 2. The number of aromatic nitrogens is 4. The second kappa shape index (κ2) is 6.34. The lowest BCUT2D eigenvalue weighted by Gasteiger charge is -2.07. The van der Waals surface area contributed by atoms with Gasteiger partial charge in [-0.25, -0.2) is 9.50 Å². The van der Waals surface area contributed by atoms with E-state index in [1.807, 2.05) is 37.4 Å². The average molecular weight is 295 g/mol. The van der Waals surface area contributed by atoms with E-state index in [9.17, 15) is 4.79 Å².